The first kappa shape index (κ1) is 14.8. The zero-order valence-corrected chi connectivity index (χ0v) is 11.9. The summed E-state index contributed by atoms with van der Waals surface area (Å²) in [6.07, 6.45) is 1.50. The smallest absolute Gasteiger partial charge is 0.187 e. The number of allylic oxidation sites excluding steroid dienone is 2. The number of carbonyl (C=O) groups is 1. The maximum Gasteiger partial charge on any atom is 0.187 e. The van der Waals surface area contributed by atoms with Gasteiger partial charge in [-0.05, 0) is 43.3 Å². The van der Waals surface area contributed by atoms with Crippen molar-refractivity contribution in [3.63, 3.8) is 0 Å². The molecule has 0 aromatic heterocycles. The number of halogens is 1. The molecule has 0 fully saturated rings. The molecular weight excluding hydrogens is 269 g/mol. The average Bonchev–Trinajstić information content (AvgIpc) is 2.49. The minimum absolute atomic E-state index is 0.124. The van der Waals surface area contributed by atoms with Gasteiger partial charge in [-0.2, -0.15) is 0 Å². The Kier molecular flexibility index (Phi) is 4.72. The van der Waals surface area contributed by atoms with Gasteiger partial charge in [0.15, 0.2) is 5.78 Å². The number of benzene rings is 2. The van der Waals surface area contributed by atoms with Crippen molar-refractivity contribution in [2.75, 3.05) is 12.4 Å². The van der Waals surface area contributed by atoms with Gasteiger partial charge >= 0.3 is 0 Å². The molecule has 0 atom stereocenters. The Morgan fingerprint density at radius 2 is 1.90 bits per heavy atom. The van der Waals surface area contributed by atoms with Crippen LogP contribution in [-0.2, 0) is 0 Å². The SMILES string of the molecule is COc1cccc(C(=O)C=C(C)Nc2ccc(F)cc2)c1. The highest BCUT2D eigenvalue weighted by Crippen LogP contribution is 2.15. The molecule has 21 heavy (non-hydrogen) atoms. The van der Waals surface area contributed by atoms with E-state index in [0.29, 0.717) is 17.0 Å². The molecule has 0 saturated carbocycles. The first-order valence-corrected chi connectivity index (χ1v) is 6.48. The molecule has 108 valence electrons. The number of methoxy groups -OCH3 is 1. The summed E-state index contributed by atoms with van der Waals surface area (Å²) in [5.74, 6) is 0.217. The number of rotatable bonds is 5. The third-order valence-corrected chi connectivity index (χ3v) is 2.89. The van der Waals surface area contributed by atoms with Crippen molar-refractivity contribution in [1.29, 1.82) is 0 Å². The average molecular weight is 285 g/mol. The molecule has 0 aliphatic carbocycles. The Balaban J connectivity index is 2.10. The number of ether oxygens (including phenoxy) is 1. The normalized spacial score (nSPS) is 11.1. The van der Waals surface area contributed by atoms with E-state index in [2.05, 4.69) is 5.32 Å². The lowest BCUT2D eigenvalue weighted by atomic mass is 10.1. The summed E-state index contributed by atoms with van der Waals surface area (Å²) in [6.45, 7) is 1.78. The van der Waals surface area contributed by atoms with Crippen LogP contribution in [0.2, 0.25) is 0 Å². The molecule has 1 N–H and O–H groups in total. The van der Waals surface area contributed by atoms with Gasteiger partial charge in [-0.1, -0.05) is 12.1 Å². The van der Waals surface area contributed by atoms with Crippen LogP contribution in [0.1, 0.15) is 17.3 Å². The third kappa shape index (κ3) is 4.18. The maximum absolute atomic E-state index is 12.8. The predicted molar refractivity (Wildman–Crippen MR) is 81.1 cm³/mol. The molecule has 0 radical (unpaired) electrons. The molecule has 2 rings (SSSR count). The molecule has 0 unspecified atom stereocenters. The molecule has 4 heteroatoms. The van der Waals surface area contributed by atoms with Crippen molar-refractivity contribution in [2.24, 2.45) is 0 Å². The largest absolute Gasteiger partial charge is 0.497 e. The van der Waals surface area contributed by atoms with E-state index in [1.165, 1.54) is 18.2 Å². The molecule has 0 saturated heterocycles. The van der Waals surface area contributed by atoms with E-state index in [1.54, 1.807) is 50.4 Å². The quantitative estimate of drug-likeness (QED) is 0.665. The van der Waals surface area contributed by atoms with Crippen LogP contribution in [0.15, 0.2) is 60.3 Å². The van der Waals surface area contributed by atoms with Crippen molar-refractivity contribution in [2.45, 2.75) is 6.92 Å². The topological polar surface area (TPSA) is 38.3 Å². The minimum atomic E-state index is -0.297. The van der Waals surface area contributed by atoms with Crippen LogP contribution in [0.25, 0.3) is 0 Å². The van der Waals surface area contributed by atoms with Crippen LogP contribution >= 0.6 is 0 Å². The Labute approximate surface area is 123 Å². The number of hydrogen-bond donors (Lipinski definition) is 1. The highest BCUT2D eigenvalue weighted by atomic mass is 19.1. The lowest BCUT2D eigenvalue weighted by Gasteiger charge is -2.06. The first-order valence-electron chi connectivity index (χ1n) is 6.48. The van der Waals surface area contributed by atoms with Gasteiger partial charge in [-0.15, -0.1) is 0 Å². The molecule has 2 aromatic rings. The zero-order valence-electron chi connectivity index (χ0n) is 11.9. The Hall–Kier alpha value is -2.62. The van der Waals surface area contributed by atoms with E-state index < -0.39 is 0 Å². The second-order valence-electron chi connectivity index (χ2n) is 4.56. The van der Waals surface area contributed by atoms with Gasteiger partial charge in [0.2, 0.25) is 0 Å². The number of ketones is 1. The summed E-state index contributed by atoms with van der Waals surface area (Å²) >= 11 is 0. The van der Waals surface area contributed by atoms with Crippen LogP contribution in [0.3, 0.4) is 0 Å². The van der Waals surface area contributed by atoms with Crippen LogP contribution in [0.5, 0.6) is 5.75 Å². The van der Waals surface area contributed by atoms with Crippen molar-refractivity contribution in [3.8, 4) is 5.75 Å². The number of carbonyl (C=O) groups excluding carboxylic acids is 1. The van der Waals surface area contributed by atoms with Crippen LogP contribution in [0.4, 0.5) is 10.1 Å². The standard InChI is InChI=1S/C17H16FNO2/c1-12(19-15-8-6-14(18)7-9-15)10-17(20)13-4-3-5-16(11-13)21-2/h3-11,19H,1-2H3. The third-order valence-electron chi connectivity index (χ3n) is 2.89. The molecule has 0 aliphatic heterocycles. The van der Waals surface area contributed by atoms with Gasteiger partial charge in [-0.3, -0.25) is 4.79 Å². The second kappa shape index (κ2) is 6.70. The van der Waals surface area contributed by atoms with E-state index in [4.69, 9.17) is 4.74 Å². The van der Waals surface area contributed by atoms with Crippen LogP contribution in [-0.4, -0.2) is 12.9 Å². The number of nitrogens with one attached hydrogen (secondary N) is 1. The lowest BCUT2D eigenvalue weighted by molar-refractivity contribution is 0.104. The molecular formula is C17H16FNO2. The summed E-state index contributed by atoms with van der Waals surface area (Å²) in [5, 5.41) is 3.04. The molecule has 0 aliphatic rings. The van der Waals surface area contributed by atoms with Gasteiger partial charge in [0.1, 0.15) is 11.6 Å². The van der Waals surface area contributed by atoms with E-state index in [9.17, 15) is 9.18 Å². The molecule has 0 bridgehead atoms. The fraction of sp³-hybridized carbons (Fsp3) is 0.118. The van der Waals surface area contributed by atoms with Crippen molar-refractivity contribution in [3.05, 3.63) is 71.7 Å². The van der Waals surface area contributed by atoms with Gasteiger partial charge in [-0.25, -0.2) is 4.39 Å². The predicted octanol–water partition coefficient (Wildman–Crippen LogP) is 4.03. The fourth-order valence-electron chi connectivity index (χ4n) is 1.85. The van der Waals surface area contributed by atoms with Gasteiger partial charge in [0.25, 0.3) is 0 Å². The number of anilines is 1. The Bertz CT molecular complexity index is 663. The van der Waals surface area contributed by atoms with Crippen LogP contribution in [0, 0.1) is 5.82 Å². The number of hydrogen-bond acceptors (Lipinski definition) is 3. The molecule has 2 aromatic carbocycles. The maximum atomic E-state index is 12.8. The lowest BCUT2D eigenvalue weighted by Crippen LogP contribution is -2.01. The zero-order chi connectivity index (χ0) is 15.2. The van der Waals surface area contributed by atoms with Crippen LogP contribution < -0.4 is 10.1 Å². The van der Waals surface area contributed by atoms with E-state index in [1.807, 2.05) is 0 Å². The highest BCUT2D eigenvalue weighted by Gasteiger charge is 2.05. The van der Waals surface area contributed by atoms with Crippen molar-refractivity contribution in [1.82, 2.24) is 0 Å². The van der Waals surface area contributed by atoms with E-state index >= 15 is 0 Å². The molecule has 0 spiro atoms. The second-order valence-corrected chi connectivity index (χ2v) is 4.56. The molecule has 3 nitrogen and oxygen atoms in total. The van der Waals surface area contributed by atoms with Gasteiger partial charge in [0.05, 0.1) is 7.11 Å². The Morgan fingerprint density at radius 1 is 1.19 bits per heavy atom. The molecule has 0 amide bonds. The van der Waals surface area contributed by atoms with Crippen molar-refractivity contribution < 1.29 is 13.9 Å². The highest BCUT2D eigenvalue weighted by molar-refractivity contribution is 6.05. The van der Waals surface area contributed by atoms with E-state index in [0.717, 1.165) is 5.69 Å². The van der Waals surface area contributed by atoms with Crippen molar-refractivity contribution >= 4 is 11.5 Å². The minimum Gasteiger partial charge on any atom is -0.497 e. The van der Waals surface area contributed by atoms with Gasteiger partial charge < -0.3 is 10.1 Å². The summed E-state index contributed by atoms with van der Waals surface area (Å²) in [4.78, 5) is 12.1. The monoisotopic (exact) mass is 285 g/mol. The van der Waals surface area contributed by atoms with E-state index in [-0.39, 0.29) is 11.6 Å². The summed E-state index contributed by atoms with van der Waals surface area (Å²) < 4.78 is 17.9. The summed E-state index contributed by atoms with van der Waals surface area (Å²) in [7, 11) is 1.56. The fourth-order valence-corrected chi connectivity index (χ4v) is 1.85. The first-order chi connectivity index (χ1) is 10.1. The Morgan fingerprint density at radius 3 is 2.57 bits per heavy atom. The van der Waals surface area contributed by atoms with Gasteiger partial charge in [0, 0.05) is 23.0 Å². The summed E-state index contributed by atoms with van der Waals surface area (Å²) in [6, 6.07) is 12.9. The summed E-state index contributed by atoms with van der Waals surface area (Å²) in [5.41, 5.74) is 1.95. The molecule has 0 heterocycles.